The maximum Gasteiger partial charge on any atom is 0.237 e. The number of fused-ring (bicyclic) bond motifs is 1. The second-order valence-corrected chi connectivity index (χ2v) is 5.66. The van der Waals surface area contributed by atoms with Crippen molar-refractivity contribution >= 4 is 16.9 Å². The maximum absolute atomic E-state index is 11.5. The van der Waals surface area contributed by atoms with Crippen LogP contribution in [-0.4, -0.2) is 21.0 Å². The third-order valence-corrected chi connectivity index (χ3v) is 4.36. The van der Waals surface area contributed by atoms with Crippen molar-refractivity contribution in [3.8, 4) is 0 Å². The summed E-state index contributed by atoms with van der Waals surface area (Å²) in [6.45, 7) is 2.09. The molecule has 0 bridgehead atoms. The van der Waals surface area contributed by atoms with Gasteiger partial charge in [-0.25, -0.2) is 4.98 Å². The van der Waals surface area contributed by atoms with E-state index in [4.69, 9.17) is 11.5 Å². The molecule has 1 aliphatic carbocycles. The molecule has 1 amide bonds. The van der Waals surface area contributed by atoms with Crippen LogP contribution in [0.4, 0.5) is 0 Å². The normalized spacial score (nSPS) is 26.2. The van der Waals surface area contributed by atoms with Gasteiger partial charge in [-0.3, -0.25) is 4.79 Å². The molecule has 2 unspecified atom stereocenters. The van der Waals surface area contributed by atoms with Gasteiger partial charge in [-0.15, -0.1) is 0 Å². The number of benzene rings is 1. The van der Waals surface area contributed by atoms with Crippen molar-refractivity contribution in [2.75, 3.05) is 0 Å². The molecule has 2 atom stereocenters. The van der Waals surface area contributed by atoms with Gasteiger partial charge in [-0.1, -0.05) is 19.1 Å². The van der Waals surface area contributed by atoms with Gasteiger partial charge in [-0.05, 0) is 31.4 Å². The molecule has 1 aliphatic rings. The first-order valence-electron chi connectivity index (χ1n) is 7.10. The van der Waals surface area contributed by atoms with Gasteiger partial charge in [-0.2, -0.15) is 0 Å². The first kappa shape index (κ1) is 13.1. The molecule has 5 nitrogen and oxygen atoms in total. The monoisotopic (exact) mass is 272 g/mol. The molecule has 1 aromatic carbocycles. The van der Waals surface area contributed by atoms with Crippen LogP contribution in [0.1, 0.15) is 38.1 Å². The maximum atomic E-state index is 11.5. The molecule has 3 rings (SSSR count). The average molecular weight is 272 g/mol. The Balaban J connectivity index is 2.05. The summed E-state index contributed by atoms with van der Waals surface area (Å²) in [5.41, 5.74) is 12.8. The molecule has 106 valence electrons. The van der Waals surface area contributed by atoms with Crippen LogP contribution in [-0.2, 0) is 11.2 Å². The van der Waals surface area contributed by atoms with E-state index in [2.05, 4.69) is 22.5 Å². The Morgan fingerprint density at radius 2 is 2.25 bits per heavy atom. The van der Waals surface area contributed by atoms with Gasteiger partial charge in [0.2, 0.25) is 5.91 Å². The molecule has 0 saturated heterocycles. The van der Waals surface area contributed by atoms with Crippen molar-refractivity contribution in [2.24, 2.45) is 11.5 Å². The van der Waals surface area contributed by atoms with E-state index in [-0.39, 0.29) is 6.04 Å². The van der Waals surface area contributed by atoms with Gasteiger partial charge in [0, 0.05) is 12.5 Å². The minimum absolute atomic E-state index is 0.204. The molecular weight excluding hydrogens is 252 g/mol. The molecule has 5 heteroatoms. The molecule has 1 fully saturated rings. The second-order valence-electron chi connectivity index (χ2n) is 5.66. The van der Waals surface area contributed by atoms with Crippen LogP contribution in [0.2, 0.25) is 0 Å². The number of nitrogens with zero attached hydrogens (tertiary/aromatic N) is 2. The molecule has 20 heavy (non-hydrogen) atoms. The Morgan fingerprint density at radius 3 is 2.90 bits per heavy atom. The summed E-state index contributed by atoms with van der Waals surface area (Å²) in [5, 5.41) is 0. The van der Waals surface area contributed by atoms with Gasteiger partial charge in [0.15, 0.2) is 0 Å². The van der Waals surface area contributed by atoms with Crippen LogP contribution in [0, 0.1) is 0 Å². The minimum atomic E-state index is -0.874. The average Bonchev–Trinajstić information content (AvgIpc) is 2.99. The first-order valence-corrected chi connectivity index (χ1v) is 7.10. The molecule has 0 radical (unpaired) electrons. The molecule has 1 saturated carbocycles. The number of amides is 1. The number of carbonyl (C=O) groups excluding carboxylic acids is 1. The zero-order valence-electron chi connectivity index (χ0n) is 11.7. The highest BCUT2D eigenvalue weighted by Gasteiger charge is 2.42. The predicted octanol–water partition coefficient (Wildman–Crippen LogP) is 1.51. The predicted molar refractivity (Wildman–Crippen MR) is 78.1 cm³/mol. The highest BCUT2D eigenvalue weighted by molar-refractivity contribution is 5.85. The van der Waals surface area contributed by atoms with Crippen molar-refractivity contribution in [3.05, 3.63) is 30.1 Å². The number of carbonyl (C=O) groups is 1. The molecule has 1 aromatic heterocycles. The van der Waals surface area contributed by atoms with Gasteiger partial charge in [0.1, 0.15) is 5.82 Å². The smallest absolute Gasteiger partial charge is 0.237 e. The Labute approximate surface area is 118 Å². The number of nitrogens with two attached hydrogens (primary N) is 2. The van der Waals surface area contributed by atoms with Crippen molar-refractivity contribution in [3.63, 3.8) is 0 Å². The van der Waals surface area contributed by atoms with Crippen molar-refractivity contribution in [2.45, 2.75) is 44.2 Å². The van der Waals surface area contributed by atoms with E-state index in [1.165, 1.54) is 0 Å². The van der Waals surface area contributed by atoms with Gasteiger partial charge < -0.3 is 16.0 Å². The third kappa shape index (κ3) is 1.89. The summed E-state index contributed by atoms with van der Waals surface area (Å²) in [5.74, 6) is 0.646. The van der Waals surface area contributed by atoms with Crippen LogP contribution in [0.15, 0.2) is 24.3 Å². The van der Waals surface area contributed by atoms with Crippen LogP contribution < -0.4 is 11.5 Å². The largest absolute Gasteiger partial charge is 0.368 e. The fourth-order valence-electron chi connectivity index (χ4n) is 3.24. The lowest BCUT2D eigenvalue weighted by molar-refractivity contribution is -0.123. The van der Waals surface area contributed by atoms with Gasteiger partial charge >= 0.3 is 0 Å². The zero-order chi connectivity index (χ0) is 14.3. The summed E-state index contributed by atoms with van der Waals surface area (Å²) in [6.07, 6.45) is 2.96. The standard InChI is InChI=1S/C15H20N4O/c1-2-13-18-11-5-3-4-6-12(11)19(13)10-7-8-15(17,9-10)14(16)20/h3-6,10H,2,7-9,17H2,1H3,(H2,16,20). The minimum Gasteiger partial charge on any atom is -0.368 e. The van der Waals surface area contributed by atoms with Crippen LogP contribution in [0.25, 0.3) is 11.0 Å². The van der Waals surface area contributed by atoms with Crippen molar-refractivity contribution < 1.29 is 4.79 Å². The van der Waals surface area contributed by atoms with E-state index in [9.17, 15) is 4.79 Å². The fourth-order valence-corrected chi connectivity index (χ4v) is 3.24. The molecule has 1 heterocycles. The quantitative estimate of drug-likeness (QED) is 0.887. The summed E-state index contributed by atoms with van der Waals surface area (Å²) >= 11 is 0. The van der Waals surface area contributed by atoms with Gasteiger partial charge in [0.25, 0.3) is 0 Å². The van der Waals surface area contributed by atoms with E-state index in [0.717, 1.165) is 29.7 Å². The topological polar surface area (TPSA) is 86.9 Å². The lowest BCUT2D eigenvalue weighted by atomic mass is 9.98. The van der Waals surface area contributed by atoms with Crippen molar-refractivity contribution in [1.82, 2.24) is 9.55 Å². The number of imidazole rings is 1. The molecular formula is C15H20N4O. The van der Waals surface area contributed by atoms with E-state index in [0.29, 0.717) is 12.8 Å². The SMILES string of the molecule is CCc1nc2ccccc2n1C1CCC(N)(C(N)=O)C1. The number of para-hydroxylation sites is 2. The molecule has 0 aliphatic heterocycles. The first-order chi connectivity index (χ1) is 9.55. The summed E-state index contributed by atoms with van der Waals surface area (Å²) in [7, 11) is 0. The number of hydrogen-bond acceptors (Lipinski definition) is 3. The third-order valence-electron chi connectivity index (χ3n) is 4.36. The van der Waals surface area contributed by atoms with E-state index in [1.807, 2.05) is 18.2 Å². The van der Waals surface area contributed by atoms with Crippen LogP contribution in [0.5, 0.6) is 0 Å². The number of primary amides is 1. The van der Waals surface area contributed by atoms with E-state index in [1.54, 1.807) is 0 Å². The Kier molecular flexibility index (Phi) is 3.01. The number of aromatic nitrogens is 2. The Morgan fingerprint density at radius 1 is 1.50 bits per heavy atom. The van der Waals surface area contributed by atoms with E-state index < -0.39 is 11.4 Å². The Bertz CT molecular complexity index is 663. The lowest BCUT2D eigenvalue weighted by Gasteiger charge is -2.21. The molecule has 4 N–H and O–H groups in total. The highest BCUT2D eigenvalue weighted by atomic mass is 16.1. The lowest BCUT2D eigenvalue weighted by Crippen LogP contribution is -2.49. The number of aryl methyl sites for hydroxylation is 1. The van der Waals surface area contributed by atoms with Crippen molar-refractivity contribution in [1.29, 1.82) is 0 Å². The summed E-state index contributed by atoms with van der Waals surface area (Å²) in [4.78, 5) is 16.2. The second kappa shape index (κ2) is 4.59. The fraction of sp³-hybridized carbons (Fsp3) is 0.467. The highest BCUT2D eigenvalue weighted by Crippen LogP contribution is 2.38. The summed E-state index contributed by atoms with van der Waals surface area (Å²) in [6, 6.07) is 8.30. The molecule has 0 spiro atoms. The van der Waals surface area contributed by atoms with E-state index >= 15 is 0 Å². The Hall–Kier alpha value is -1.88. The number of rotatable bonds is 3. The van der Waals surface area contributed by atoms with Crippen LogP contribution >= 0.6 is 0 Å². The summed E-state index contributed by atoms with van der Waals surface area (Å²) < 4.78 is 2.24. The van der Waals surface area contributed by atoms with Crippen LogP contribution in [0.3, 0.4) is 0 Å². The zero-order valence-corrected chi connectivity index (χ0v) is 11.7. The van der Waals surface area contributed by atoms with Gasteiger partial charge in [0.05, 0.1) is 16.6 Å². The number of hydrogen-bond donors (Lipinski definition) is 2. The molecule has 2 aromatic rings.